The van der Waals surface area contributed by atoms with Gasteiger partial charge < -0.3 is 10.2 Å². The topological polar surface area (TPSA) is 57.5 Å². The Morgan fingerprint density at radius 1 is 1.13 bits per heavy atom. The van der Waals surface area contributed by atoms with E-state index in [0.29, 0.717) is 17.8 Å². The van der Waals surface area contributed by atoms with E-state index in [4.69, 9.17) is 0 Å². The number of carboxylic acid groups (broad SMARTS) is 1. The number of hydrogen-bond donors (Lipinski definition) is 2. The number of carbonyl (C=O) groups is 1. The first-order valence-corrected chi connectivity index (χ1v) is 9.46. The molecule has 0 saturated heterocycles. The van der Waals surface area contributed by atoms with Crippen molar-refractivity contribution in [2.45, 2.75) is 71.3 Å². The Balaban J connectivity index is 1.66. The summed E-state index contributed by atoms with van der Waals surface area (Å²) in [7, 11) is 0. The van der Waals surface area contributed by atoms with Crippen molar-refractivity contribution in [3.63, 3.8) is 0 Å². The van der Waals surface area contributed by atoms with Crippen molar-refractivity contribution in [1.82, 2.24) is 0 Å². The number of aliphatic hydroxyl groups is 1. The molecule has 0 aromatic heterocycles. The third-order valence-electron chi connectivity index (χ3n) is 8.38. The molecule has 4 aliphatic rings. The fourth-order valence-electron chi connectivity index (χ4n) is 7.05. The van der Waals surface area contributed by atoms with E-state index in [0.717, 1.165) is 44.9 Å². The summed E-state index contributed by atoms with van der Waals surface area (Å²) < 4.78 is 0. The smallest absolute Gasteiger partial charge is 0.307 e. The van der Waals surface area contributed by atoms with Gasteiger partial charge in [0.15, 0.2) is 0 Å². The van der Waals surface area contributed by atoms with Crippen LogP contribution >= 0.6 is 0 Å². The first-order chi connectivity index (χ1) is 10.9. The lowest BCUT2D eigenvalue weighted by Crippen LogP contribution is -2.51. The van der Waals surface area contributed by atoms with Gasteiger partial charge in [0.05, 0.1) is 12.0 Å². The zero-order chi connectivity index (χ0) is 16.4. The monoisotopic (exact) mass is 318 g/mol. The minimum atomic E-state index is -0.576. The second-order valence-corrected chi connectivity index (χ2v) is 9.17. The average Bonchev–Trinajstić information content (AvgIpc) is 2.85. The van der Waals surface area contributed by atoms with Crippen LogP contribution < -0.4 is 0 Å². The molecule has 4 rings (SSSR count). The fourth-order valence-corrected chi connectivity index (χ4v) is 7.05. The molecule has 0 heterocycles. The van der Waals surface area contributed by atoms with Crippen LogP contribution in [0.5, 0.6) is 0 Å². The molecule has 0 bridgehead atoms. The van der Waals surface area contributed by atoms with E-state index in [1.54, 1.807) is 0 Å². The van der Waals surface area contributed by atoms with Crippen LogP contribution in [0.2, 0.25) is 0 Å². The highest BCUT2D eigenvalue weighted by Gasteiger charge is 2.59. The lowest BCUT2D eigenvalue weighted by Gasteiger charge is -2.57. The number of hydrogen-bond acceptors (Lipinski definition) is 2. The Labute approximate surface area is 139 Å². The van der Waals surface area contributed by atoms with Crippen molar-refractivity contribution in [3.05, 3.63) is 11.6 Å². The summed E-state index contributed by atoms with van der Waals surface area (Å²) in [6.45, 7) is 4.68. The van der Waals surface area contributed by atoms with Gasteiger partial charge in [0, 0.05) is 0 Å². The van der Waals surface area contributed by atoms with Gasteiger partial charge in [0.25, 0.3) is 0 Å². The fraction of sp³-hybridized carbons (Fsp3) is 0.850. The lowest BCUT2D eigenvalue weighted by atomic mass is 9.47. The van der Waals surface area contributed by atoms with Gasteiger partial charge in [-0.15, -0.1) is 0 Å². The number of aliphatic carboxylic acids is 1. The summed E-state index contributed by atoms with van der Waals surface area (Å²) in [6, 6.07) is 0. The molecule has 3 heteroatoms. The van der Waals surface area contributed by atoms with Gasteiger partial charge in [0.2, 0.25) is 0 Å². The van der Waals surface area contributed by atoms with Crippen LogP contribution in [0.15, 0.2) is 11.6 Å². The standard InChI is InChI=1S/C20H30O3/c1-19-9-7-13(21)11-12(19)3-4-14-15-5-6-17(18(22)23)20(15,2)10-8-16(14)19/h3,13-17,21H,4-11H2,1-2H3,(H,22,23)/t13-,14+,15+,16+,17-,19-,20-/m0/s1. The van der Waals surface area contributed by atoms with Gasteiger partial charge >= 0.3 is 5.97 Å². The molecule has 3 nitrogen and oxygen atoms in total. The highest BCUT2D eigenvalue weighted by molar-refractivity contribution is 5.71. The van der Waals surface area contributed by atoms with Crippen LogP contribution in [-0.4, -0.2) is 22.3 Å². The summed E-state index contributed by atoms with van der Waals surface area (Å²) in [5, 5.41) is 19.7. The minimum absolute atomic E-state index is 0.00286. The normalized spacial score (nSPS) is 52.1. The highest BCUT2D eigenvalue weighted by Crippen LogP contribution is 2.66. The van der Waals surface area contributed by atoms with E-state index < -0.39 is 5.97 Å². The lowest BCUT2D eigenvalue weighted by molar-refractivity contribution is -0.148. The molecule has 23 heavy (non-hydrogen) atoms. The van der Waals surface area contributed by atoms with Gasteiger partial charge in [0.1, 0.15) is 0 Å². The molecule has 0 aromatic carbocycles. The largest absolute Gasteiger partial charge is 0.481 e. The van der Waals surface area contributed by atoms with Gasteiger partial charge in [-0.1, -0.05) is 25.5 Å². The van der Waals surface area contributed by atoms with E-state index in [9.17, 15) is 15.0 Å². The van der Waals surface area contributed by atoms with Crippen molar-refractivity contribution in [3.8, 4) is 0 Å². The van der Waals surface area contributed by atoms with Crippen LogP contribution in [0.3, 0.4) is 0 Å². The van der Waals surface area contributed by atoms with Crippen LogP contribution in [-0.2, 0) is 4.79 Å². The van der Waals surface area contributed by atoms with Gasteiger partial charge in [-0.05, 0) is 80.0 Å². The molecule has 0 unspecified atom stereocenters. The third-order valence-corrected chi connectivity index (χ3v) is 8.38. The molecule has 128 valence electrons. The minimum Gasteiger partial charge on any atom is -0.481 e. The Morgan fingerprint density at radius 2 is 1.91 bits per heavy atom. The Bertz CT molecular complexity index is 553. The van der Waals surface area contributed by atoms with Crippen LogP contribution in [0, 0.1) is 34.5 Å². The molecule has 0 spiro atoms. The quantitative estimate of drug-likeness (QED) is 0.718. The highest BCUT2D eigenvalue weighted by atomic mass is 16.4. The Kier molecular flexibility index (Phi) is 3.46. The number of allylic oxidation sites excluding steroid dienone is 1. The van der Waals surface area contributed by atoms with Crippen LogP contribution in [0.4, 0.5) is 0 Å². The number of carboxylic acids is 1. The first-order valence-electron chi connectivity index (χ1n) is 9.46. The van der Waals surface area contributed by atoms with E-state index in [1.165, 1.54) is 12.0 Å². The molecule has 0 aromatic rings. The third kappa shape index (κ3) is 2.08. The molecule has 3 fully saturated rings. The summed E-state index contributed by atoms with van der Waals surface area (Å²) in [5.74, 6) is 1.21. The Hall–Kier alpha value is -0.830. The zero-order valence-electron chi connectivity index (χ0n) is 14.4. The molecule has 0 aliphatic heterocycles. The van der Waals surface area contributed by atoms with E-state index in [-0.39, 0.29) is 22.9 Å². The van der Waals surface area contributed by atoms with Gasteiger partial charge in [-0.25, -0.2) is 0 Å². The molecule has 2 N–H and O–H groups in total. The van der Waals surface area contributed by atoms with Crippen molar-refractivity contribution in [2.75, 3.05) is 0 Å². The predicted molar refractivity (Wildman–Crippen MR) is 88.8 cm³/mol. The maximum atomic E-state index is 11.7. The molecule has 3 saturated carbocycles. The molecule has 0 radical (unpaired) electrons. The molecule has 7 atom stereocenters. The molecular weight excluding hydrogens is 288 g/mol. The summed E-state index contributed by atoms with van der Waals surface area (Å²) >= 11 is 0. The number of aliphatic hydroxyl groups excluding tert-OH is 1. The molecule has 4 aliphatic carbocycles. The SMILES string of the molecule is C[C@]12CC[C@@H]3[C@H](CC=C4C[C@@H](O)CC[C@@]43C)[C@H]1CC[C@H]2C(=O)O. The van der Waals surface area contributed by atoms with E-state index in [1.807, 2.05) is 0 Å². The van der Waals surface area contributed by atoms with Gasteiger partial charge in [-0.3, -0.25) is 4.79 Å². The van der Waals surface area contributed by atoms with Crippen molar-refractivity contribution in [1.29, 1.82) is 0 Å². The summed E-state index contributed by atoms with van der Waals surface area (Å²) in [4.78, 5) is 11.7. The second-order valence-electron chi connectivity index (χ2n) is 9.17. The average molecular weight is 318 g/mol. The van der Waals surface area contributed by atoms with Crippen molar-refractivity contribution >= 4 is 5.97 Å². The van der Waals surface area contributed by atoms with Crippen LogP contribution in [0.1, 0.15) is 65.2 Å². The molecule has 0 amide bonds. The van der Waals surface area contributed by atoms with E-state index >= 15 is 0 Å². The second kappa shape index (κ2) is 5.08. The van der Waals surface area contributed by atoms with Gasteiger partial charge in [-0.2, -0.15) is 0 Å². The van der Waals surface area contributed by atoms with Crippen molar-refractivity contribution in [2.24, 2.45) is 34.5 Å². The predicted octanol–water partition coefficient (Wildman–Crippen LogP) is 4.01. The molecular formula is C20H30O3. The maximum absolute atomic E-state index is 11.7. The van der Waals surface area contributed by atoms with Crippen LogP contribution in [0.25, 0.3) is 0 Å². The van der Waals surface area contributed by atoms with Crippen molar-refractivity contribution < 1.29 is 15.0 Å². The zero-order valence-corrected chi connectivity index (χ0v) is 14.4. The maximum Gasteiger partial charge on any atom is 0.307 e. The van der Waals surface area contributed by atoms with E-state index in [2.05, 4.69) is 19.9 Å². The first kappa shape index (κ1) is 15.7. The Morgan fingerprint density at radius 3 is 2.65 bits per heavy atom. The summed E-state index contributed by atoms with van der Waals surface area (Å²) in [5.41, 5.74) is 1.75. The number of rotatable bonds is 1. The summed E-state index contributed by atoms with van der Waals surface area (Å²) in [6.07, 6.45) is 10.5. The number of fused-ring (bicyclic) bond motifs is 5.